The minimum absolute atomic E-state index is 1.21. The van der Waals surface area contributed by atoms with Crippen LogP contribution in [0.4, 0.5) is 5.69 Å². The largest absolute Gasteiger partial charge is 0.388 e. The van der Waals surface area contributed by atoms with Crippen molar-refractivity contribution in [2.75, 3.05) is 32.5 Å². The van der Waals surface area contributed by atoms with Crippen LogP contribution >= 0.6 is 0 Å². The molecule has 17 heavy (non-hydrogen) atoms. The number of aryl methyl sites for hydroxylation is 2. The number of likely N-dealkylation sites (tertiary alicyclic amines) is 1. The van der Waals surface area contributed by atoms with Gasteiger partial charge in [-0.3, -0.25) is 0 Å². The highest BCUT2D eigenvalue weighted by molar-refractivity contribution is 5.51. The maximum Gasteiger partial charge on any atom is 0.0367 e. The third kappa shape index (κ3) is 5.22. The van der Waals surface area contributed by atoms with Crippen LogP contribution in [0.15, 0.2) is 18.2 Å². The van der Waals surface area contributed by atoms with Gasteiger partial charge in [0.2, 0.25) is 0 Å². The predicted octanol–water partition coefficient (Wildman–Crippen LogP) is 3.45. The van der Waals surface area contributed by atoms with Gasteiger partial charge in [0.15, 0.2) is 0 Å². The third-order valence-corrected chi connectivity index (χ3v) is 3.23. The van der Waals surface area contributed by atoms with E-state index in [1.54, 1.807) is 0 Å². The summed E-state index contributed by atoms with van der Waals surface area (Å²) in [6.07, 6.45) is 4.28. The van der Waals surface area contributed by atoms with E-state index < -0.39 is 0 Å². The highest BCUT2D eigenvalue weighted by atomic mass is 15.1. The second-order valence-electron chi connectivity index (χ2n) is 4.93. The van der Waals surface area contributed by atoms with Crippen LogP contribution in [0.2, 0.25) is 0 Å². The van der Waals surface area contributed by atoms with Crippen LogP contribution in [0.25, 0.3) is 0 Å². The molecular weight excluding hydrogens is 208 g/mol. The monoisotopic (exact) mass is 234 g/mol. The van der Waals surface area contributed by atoms with Crippen LogP contribution in [0.1, 0.15) is 30.4 Å². The molecule has 2 heteroatoms. The maximum atomic E-state index is 3.12. The van der Waals surface area contributed by atoms with Gasteiger partial charge in [0.1, 0.15) is 0 Å². The van der Waals surface area contributed by atoms with Crippen molar-refractivity contribution in [3.63, 3.8) is 0 Å². The van der Waals surface area contributed by atoms with E-state index in [0.29, 0.717) is 0 Å². The Morgan fingerprint density at radius 3 is 2.12 bits per heavy atom. The average molecular weight is 234 g/mol. The molecule has 96 valence electrons. The molecule has 1 saturated heterocycles. The van der Waals surface area contributed by atoms with E-state index in [2.05, 4.69) is 49.3 Å². The molecule has 1 aliphatic heterocycles. The lowest BCUT2D eigenvalue weighted by atomic mass is 10.1. The van der Waals surface area contributed by atoms with Crippen molar-refractivity contribution in [1.82, 2.24) is 4.90 Å². The molecule has 2 nitrogen and oxygen atoms in total. The molecule has 0 radical (unpaired) electrons. The van der Waals surface area contributed by atoms with Crippen LogP contribution in [0.3, 0.4) is 0 Å². The van der Waals surface area contributed by atoms with E-state index in [-0.39, 0.29) is 0 Å². The minimum atomic E-state index is 1.21. The fourth-order valence-electron chi connectivity index (χ4n) is 2.15. The highest BCUT2D eigenvalue weighted by Crippen LogP contribution is 2.14. The van der Waals surface area contributed by atoms with Crippen molar-refractivity contribution >= 4 is 5.69 Å². The van der Waals surface area contributed by atoms with Gasteiger partial charge in [-0.15, -0.1) is 0 Å². The molecule has 1 aromatic rings. The first-order valence-electron chi connectivity index (χ1n) is 6.57. The molecule has 1 N–H and O–H groups in total. The number of anilines is 1. The molecule has 1 fully saturated rings. The summed E-state index contributed by atoms with van der Waals surface area (Å²) < 4.78 is 0. The molecule has 0 aromatic heterocycles. The molecular formula is C15H26N2. The molecule has 1 aliphatic rings. The van der Waals surface area contributed by atoms with Gasteiger partial charge in [-0.05, 0) is 58.5 Å². The zero-order valence-corrected chi connectivity index (χ0v) is 11.7. The quantitative estimate of drug-likeness (QED) is 0.800. The van der Waals surface area contributed by atoms with Gasteiger partial charge in [-0.2, -0.15) is 0 Å². The Morgan fingerprint density at radius 1 is 1.06 bits per heavy atom. The zero-order valence-electron chi connectivity index (χ0n) is 11.7. The van der Waals surface area contributed by atoms with Crippen molar-refractivity contribution in [3.8, 4) is 0 Å². The van der Waals surface area contributed by atoms with Gasteiger partial charge in [0.25, 0.3) is 0 Å². The predicted molar refractivity (Wildman–Crippen MR) is 76.8 cm³/mol. The molecule has 0 atom stereocenters. The number of hydrogen-bond donors (Lipinski definition) is 1. The number of piperidine rings is 1. The minimum Gasteiger partial charge on any atom is -0.388 e. The lowest BCUT2D eigenvalue weighted by molar-refractivity contribution is 0.277. The van der Waals surface area contributed by atoms with Crippen molar-refractivity contribution in [1.29, 1.82) is 0 Å². The fourth-order valence-corrected chi connectivity index (χ4v) is 2.15. The second-order valence-corrected chi connectivity index (χ2v) is 4.93. The van der Waals surface area contributed by atoms with Crippen molar-refractivity contribution in [3.05, 3.63) is 29.3 Å². The lowest BCUT2D eigenvalue weighted by Gasteiger charge is -2.20. The molecule has 1 heterocycles. The Kier molecular flexibility index (Phi) is 6.06. The van der Waals surface area contributed by atoms with Gasteiger partial charge in [0.05, 0.1) is 0 Å². The number of nitrogens with one attached hydrogen (secondary N) is 1. The second kappa shape index (κ2) is 7.33. The average Bonchev–Trinajstić information content (AvgIpc) is 2.31. The van der Waals surface area contributed by atoms with Gasteiger partial charge >= 0.3 is 0 Å². The first kappa shape index (κ1) is 14.0. The summed E-state index contributed by atoms with van der Waals surface area (Å²) in [5, 5.41) is 3.12. The zero-order chi connectivity index (χ0) is 12.7. The molecule has 0 unspecified atom stereocenters. The topological polar surface area (TPSA) is 15.3 Å². The first-order valence-corrected chi connectivity index (χ1v) is 6.57. The fraction of sp³-hybridized carbons (Fsp3) is 0.600. The Labute approximate surface area is 106 Å². The van der Waals surface area contributed by atoms with E-state index in [9.17, 15) is 0 Å². The SMILES string of the molecule is CN1CCCCC1.CNc1ccc(C)cc1C. The summed E-state index contributed by atoms with van der Waals surface area (Å²) in [7, 11) is 4.14. The number of rotatable bonds is 1. The van der Waals surface area contributed by atoms with Crippen LogP contribution < -0.4 is 5.32 Å². The van der Waals surface area contributed by atoms with Crippen LogP contribution in [-0.2, 0) is 0 Å². The van der Waals surface area contributed by atoms with E-state index >= 15 is 0 Å². The molecule has 0 amide bonds. The Morgan fingerprint density at radius 2 is 1.71 bits per heavy atom. The van der Waals surface area contributed by atoms with Gasteiger partial charge in [-0.25, -0.2) is 0 Å². The molecule has 1 aromatic carbocycles. The Bertz CT molecular complexity index is 328. The van der Waals surface area contributed by atoms with Crippen LogP contribution in [0.5, 0.6) is 0 Å². The molecule has 0 saturated carbocycles. The lowest BCUT2D eigenvalue weighted by Crippen LogP contribution is -2.24. The van der Waals surface area contributed by atoms with Gasteiger partial charge < -0.3 is 10.2 Å². The Balaban J connectivity index is 0.000000181. The smallest absolute Gasteiger partial charge is 0.0367 e. The molecule has 0 aliphatic carbocycles. The third-order valence-electron chi connectivity index (χ3n) is 3.23. The van der Waals surface area contributed by atoms with E-state index in [0.717, 1.165) is 0 Å². The normalized spacial score (nSPS) is 16.0. The standard InChI is InChI=1S/C9H13N.C6H13N/c1-7-4-5-9(10-3)8(2)6-7;1-7-5-3-2-4-6-7/h4-6,10H,1-3H3;2-6H2,1H3. The summed E-state index contributed by atoms with van der Waals surface area (Å²) in [6.45, 7) is 6.85. The van der Waals surface area contributed by atoms with Crippen molar-refractivity contribution in [2.24, 2.45) is 0 Å². The summed E-state index contributed by atoms with van der Waals surface area (Å²) in [5.74, 6) is 0. The van der Waals surface area contributed by atoms with Gasteiger partial charge in [0, 0.05) is 12.7 Å². The maximum absolute atomic E-state index is 3.12. The van der Waals surface area contributed by atoms with E-state index in [1.807, 2.05) is 7.05 Å². The summed E-state index contributed by atoms with van der Waals surface area (Å²) >= 11 is 0. The summed E-state index contributed by atoms with van der Waals surface area (Å²) in [5.41, 5.74) is 3.84. The van der Waals surface area contributed by atoms with Crippen LogP contribution in [-0.4, -0.2) is 32.1 Å². The van der Waals surface area contributed by atoms with E-state index in [1.165, 1.54) is 49.2 Å². The van der Waals surface area contributed by atoms with Crippen molar-refractivity contribution < 1.29 is 0 Å². The summed E-state index contributed by atoms with van der Waals surface area (Å²) in [6, 6.07) is 6.38. The molecule has 0 spiro atoms. The molecule has 2 rings (SSSR count). The first-order chi connectivity index (χ1) is 8.13. The molecule has 0 bridgehead atoms. The number of nitrogens with zero attached hydrogens (tertiary/aromatic N) is 1. The summed E-state index contributed by atoms with van der Waals surface area (Å²) in [4.78, 5) is 2.39. The number of hydrogen-bond acceptors (Lipinski definition) is 2. The van der Waals surface area contributed by atoms with Crippen LogP contribution in [0, 0.1) is 13.8 Å². The number of benzene rings is 1. The Hall–Kier alpha value is -1.02. The highest BCUT2D eigenvalue weighted by Gasteiger charge is 2.02. The van der Waals surface area contributed by atoms with Crippen molar-refractivity contribution in [2.45, 2.75) is 33.1 Å². The van der Waals surface area contributed by atoms with E-state index in [4.69, 9.17) is 0 Å². The van der Waals surface area contributed by atoms with Gasteiger partial charge in [-0.1, -0.05) is 24.1 Å².